The number of amides is 4. The number of hydrogen-bond acceptors (Lipinski definition) is 4. The van der Waals surface area contributed by atoms with Gasteiger partial charge in [-0.15, -0.1) is 0 Å². The zero-order chi connectivity index (χ0) is 28.1. The Balaban J connectivity index is 1.49. The molecular formula is C31H38N4O4. The molecule has 4 amide bonds. The van der Waals surface area contributed by atoms with Crippen LogP contribution in [0.2, 0.25) is 0 Å². The molecule has 0 aliphatic heterocycles. The van der Waals surface area contributed by atoms with Crippen molar-refractivity contribution >= 4 is 23.7 Å². The second-order valence-corrected chi connectivity index (χ2v) is 10.2. The van der Waals surface area contributed by atoms with Crippen molar-refractivity contribution in [3.63, 3.8) is 0 Å². The lowest BCUT2D eigenvalue weighted by atomic mass is 10.0. The van der Waals surface area contributed by atoms with Gasteiger partial charge in [0.2, 0.25) is 5.91 Å². The third kappa shape index (κ3) is 11.3. The summed E-state index contributed by atoms with van der Waals surface area (Å²) in [6.07, 6.45) is 0.759. The van der Waals surface area contributed by atoms with Gasteiger partial charge in [-0.2, -0.15) is 0 Å². The minimum Gasteiger partial charge on any atom is -0.444 e. The molecule has 0 aliphatic rings. The van der Waals surface area contributed by atoms with E-state index in [-0.39, 0.29) is 37.5 Å². The van der Waals surface area contributed by atoms with Gasteiger partial charge in [-0.1, -0.05) is 72.8 Å². The molecule has 206 valence electrons. The molecule has 0 spiro atoms. The largest absolute Gasteiger partial charge is 0.444 e. The van der Waals surface area contributed by atoms with Crippen molar-refractivity contribution in [2.45, 2.75) is 51.7 Å². The molecule has 0 heterocycles. The van der Waals surface area contributed by atoms with Crippen molar-refractivity contribution in [2.75, 3.05) is 18.4 Å². The molecule has 0 radical (unpaired) electrons. The van der Waals surface area contributed by atoms with Crippen LogP contribution in [0, 0.1) is 0 Å². The van der Waals surface area contributed by atoms with E-state index in [0.29, 0.717) is 18.5 Å². The van der Waals surface area contributed by atoms with Crippen molar-refractivity contribution < 1.29 is 19.1 Å². The van der Waals surface area contributed by atoms with E-state index in [1.807, 2.05) is 84.9 Å². The van der Waals surface area contributed by atoms with Gasteiger partial charge in [0.25, 0.3) is 0 Å². The predicted molar refractivity (Wildman–Crippen MR) is 154 cm³/mol. The lowest BCUT2D eigenvalue weighted by Gasteiger charge is -2.20. The standard InChI is InChI=1S/C31H38N4O4/c1-31(2,3)39-30(38)33-21-20-32-28(36)19-18-27(22-23-10-6-4-7-11-23)35-29(37)34-26-16-14-25(15-17-26)24-12-8-5-9-13-24/h4-17,27H,18-22H2,1-3H3,(H,32,36)(H,33,38)(H2,34,35,37)/t27-/m1/s1. The smallest absolute Gasteiger partial charge is 0.407 e. The second kappa shape index (κ2) is 14.6. The van der Waals surface area contributed by atoms with Crippen LogP contribution < -0.4 is 21.3 Å². The number of ether oxygens (including phenoxy) is 1. The highest BCUT2D eigenvalue weighted by Gasteiger charge is 2.17. The van der Waals surface area contributed by atoms with Crippen molar-refractivity contribution in [3.05, 3.63) is 90.5 Å². The van der Waals surface area contributed by atoms with Crippen molar-refractivity contribution in [3.8, 4) is 11.1 Å². The maximum absolute atomic E-state index is 12.8. The number of urea groups is 1. The highest BCUT2D eigenvalue weighted by atomic mass is 16.6. The topological polar surface area (TPSA) is 109 Å². The fourth-order valence-electron chi connectivity index (χ4n) is 3.93. The molecule has 0 unspecified atom stereocenters. The number of benzene rings is 3. The summed E-state index contributed by atoms with van der Waals surface area (Å²) >= 11 is 0. The lowest BCUT2D eigenvalue weighted by molar-refractivity contribution is -0.121. The van der Waals surface area contributed by atoms with E-state index in [0.717, 1.165) is 16.7 Å². The first kappa shape index (κ1) is 29.2. The normalized spacial score (nSPS) is 11.7. The van der Waals surface area contributed by atoms with Gasteiger partial charge in [0, 0.05) is 31.2 Å². The third-order valence-electron chi connectivity index (χ3n) is 5.75. The summed E-state index contributed by atoms with van der Waals surface area (Å²) in [6, 6.07) is 27.0. The molecule has 8 heteroatoms. The van der Waals surface area contributed by atoms with E-state index >= 15 is 0 Å². The van der Waals surface area contributed by atoms with Gasteiger partial charge in [-0.05, 0) is 62.4 Å². The summed E-state index contributed by atoms with van der Waals surface area (Å²) in [6.45, 7) is 5.91. The number of nitrogens with one attached hydrogen (secondary N) is 4. The number of carbonyl (C=O) groups is 3. The SMILES string of the molecule is CC(C)(C)OC(=O)NCCNC(=O)CC[C@H](Cc1ccccc1)NC(=O)Nc1ccc(-c2ccccc2)cc1. The monoisotopic (exact) mass is 530 g/mol. The van der Waals surface area contributed by atoms with Crippen LogP contribution in [0.1, 0.15) is 39.2 Å². The summed E-state index contributed by atoms with van der Waals surface area (Å²) < 4.78 is 5.18. The molecule has 4 N–H and O–H groups in total. The van der Waals surface area contributed by atoms with Crippen LogP contribution in [0.15, 0.2) is 84.9 Å². The summed E-state index contributed by atoms with van der Waals surface area (Å²) in [4.78, 5) is 36.9. The molecule has 3 aromatic rings. The van der Waals surface area contributed by atoms with Gasteiger partial charge in [-0.25, -0.2) is 9.59 Å². The van der Waals surface area contributed by atoms with E-state index in [1.54, 1.807) is 20.8 Å². The van der Waals surface area contributed by atoms with Gasteiger partial charge in [-0.3, -0.25) is 4.79 Å². The summed E-state index contributed by atoms with van der Waals surface area (Å²) in [5, 5.41) is 11.3. The molecule has 3 rings (SSSR count). The van der Waals surface area contributed by atoms with Crippen LogP contribution in [0.25, 0.3) is 11.1 Å². The minimum absolute atomic E-state index is 0.155. The van der Waals surface area contributed by atoms with Gasteiger partial charge in [0.05, 0.1) is 0 Å². The maximum atomic E-state index is 12.8. The number of hydrogen-bond donors (Lipinski definition) is 4. The molecule has 0 saturated carbocycles. The Hall–Kier alpha value is -4.33. The summed E-state index contributed by atoms with van der Waals surface area (Å²) in [7, 11) is 0. The van der Waals surface area contributed by atoms with Crippen LogP contribution in [0.3, 0.4) is 0 Å². The number of anilines is 1. The first-order chi connectivity index (χ1) is 18.7. The van der Waals surface area contributed by atoms with E-state index in [1.165, 1.54) is 0 Å². The molecule has 0 bridgehead atoms. The van der Waals surface area contributed by atoms with Crippen molar-refractivity contribution in [1.82, 2.24) is 16.0 Å². The maximum Gasteiger partial charge on any atom is 0.407 e. The molecule has 0 saturated heterocycles. The second-order valence-electron chi connectivity index (χ2n) is 10.2. The van der Waals surface area contributed by atoms with E-state index in [4.69, 9.17) is 4.74 Å². The quantitative estimate of drug-likeness (QED) is 0.245. The highest BCUT2D eigenvalue weighted by Crippen LogP contribution is 2.21. The molecule has 0 aromatic heterocycles. The Kier molecular flexibility index (Phi) is 10.9. The van der Waals surface area contributed by atoms with Crippen LogP contribution >= 0.6 is 0 Å². The number of rotatable bonds is 11. The average molecular weight is 531 g/mol. The Bertz CT molecular complexity index is 1190. The lowest BCUT2D eigenvalue weighted by Crippen LogP contribution is -2.41. The number of carbonyl (C=O) groups excluding carboxylic acids is 3. The van der Waals surface area contributed by atoms with Gasteiger partial charge in [0.1, 0.15) is 5.60 Å². The fourth-order valence-corrected chi connectivity index (χ4v) is 3.93. The van der Waals surface area contributed by atoms with Crippen LogP contribution in [0.5, 0.6) is 0 Å². The minimum atomic E-state index is -0.577. The molecule has 0 fully saturated rings. The molecule has 0 aliphatic carbocycles. The van der Waals surface area contributed by atoms with E-state index in [9.17, 15) is 14.4 Å². The predicted octanol–water partition coefficient (Wildman–Crippen LogP) is 5.51. The van der Waals surface area contributed by atoms with Gasteiger partial charge in [0.15, 0.2) is 0 Å². The van der Waals surface area contributed by atoms with Crippen LogP contribution in [-0.2, 0) is 16.0 Å². The van der Waals surface area contributed by atoms with E-state index < -0.39 is 11.7 Å². The Morgan fingerprint density at radius 3 is 2.00 bits per heavy atom. The first-order valence-electron chi connectivity index (χ1n) is 13.2. The van der Waals surface area contributed by atoms with Crippen molar-refractivity contribution in [1.29, 1.82) is 0 Å². The Morgan fingerprint density at radius 2 is 1.36 bits per heavy atom. The molecule has 3 aromatic carbocycles. The molecule has 39 heavy (non-hydrogen) atoms. The van der Waals surface area contributed by atoms with E-state index in [2.05, 4.69) is 21.3 Å². The summed E-state index contributed by atoms with van der Waals surface area (Å²) in [5.41, 5.74) is 3.34. The number of alkyl carbamates (subject to hydrolysis) is 1. The highest BCUT2D eigenvalue weighted by molar-refractivity contribution is 5.90. The third-order valence-corrected chi connectivity index (χ3v) is 5.75. The van der Waals surface area contributed by atoms with Crippen molar-refractivity contribution in [2.24, 2.45) is 0 Å². The summed E-state index contributed by atoms with van der Waals surface area (Å²) in [5.74, 6) is -0.155. The average Bonchev–Trinajstić information content (AvgIpc) is 2.90. The Labute approximate surface area is 230 Å². The Morgan fingerprint density at radius 1 is 0.769 bits per heavy atom. The first-order valence-corrected chi connectivity index (χ1v) is 13.2. The van der Waals surface area contributed by atoms with Gasteiger partial charge >= 0.3 is 12.1 Å². The molecule has 1 atom stereocenters. The van der Waals surface area contributed by atoms with Crippen LogP contribution in [-0.4, -0.2) is 42.8 Å². The zero-order valence-electron chi connectivity index (χ0n) is 22.8. The zero-order valence-corrected chi connectivity index (χ0v) is 22.8. The molecule has 8 nitrogen and oxygen atoms in total. The van der Waals surface area contributed by atoms with Gasteiger partial charge < -0.3 is 26.0 Å². The fraction of sp³-hybridized carbons (Fsp3) is 0.323. The molecular weight excluding hydrogens is 492 g/mol. The van der Waals surface area contributed by atoms with Crippen LogP contribution in [0.4, 0.5) is 15.3 Å².